The van der Waals surface area contributed by atoms with Crippen LogP contribution in [0, 0.1) is 6.92 Å². The molecule has 0 spiro atoms. The molecule has 0 fully saturated rings. The van der Waals surface area contributed by atoms with Crippen LogP contribution in [0.3, 0.4) is 0 Å². The van der Waals surface area contributed by atoms with Crippen LogP contribution in [-0.4, -0.2) is 17.5 Å². The molecule has 20 heavy (non-hydrogen) atoms. The summed E-state index contributed by atoms with van der Waals surface area (Å²) in [7, 11) is 0. The Labute approximate surface area is 121 Å². The minimum atomic E-state index is -0.288. The largest absolute Gasteiger partial charge is 0.354 e. The molecule has 0 saturated carbocycles. The van der Waals surface area contributed by atoms with Crippen molar-refractivity contribution in [3.8, 4) is 0 Å². The van der Waals surface area contributed by atoms with Gasteiger partial charge in [-0.1, -0.05) is 24.6 Å². The molecule has 0 saturated heterocycles. The molecule has 2 atom stereocenters. The average molecular weight is 275 g/mol. The van der Waals surface area contributed by atoms with Gasteiger partial charge in [0, 0.05) is 11.2 Å². The molecule has 2 rings (SSSR count). The van der Waals surface area contributed by atoms with Crippen molar-refractivity contribution in [2.75, 3.05) is 4.90 Å². The highest BCUT2D eigenvalue weighted by Gasteiger charge is 2.40. The number of nitrogens with one attached hydrogen (secondary N) is 1. The molecule has 0 aromatic heterocycles. The lowest BCUT2D eigenvalue weighted by Crippen LogP contribution is -2.58. The van der Waals surface area contributed by atoms with Crippen LogP contribution in [0.1, 0.15) is 51.2 Å². The predicted molar refractivity (Wildman–Crippen MR) is 82.6 cm³/mol. The quantitative estimate of drug-likeness (QED) is 0.495. The highest BCUT2D eigenvalue weighted by molar-refractivity contribution is 5.85. The summed E-state index contributed by atoms with van der Waals surface area (Å²) in [6, 6.07) is 6.18. The van der Waals surface area contributed by atoms with Gasteiger partial charge in [-0.15, -0.1) is 0 Å². The Morgan fingerprint density at radius 2 is 2.15 bits per heavy atom. The van der Waals surface area contributed by atoms with Crippen LogP contribution >= 0.6 is 0 Å². The van der Waals surface area contributed by atoms with Crippen LogP contribution in [0.5, 0.6) is 0 Å². The molecular formula is C16H25N3O. The van der Waals surface area contributed by atoms with Gasteiger partial charge in [0.05, 0.1) is 0 Å². The van der Waals surface area contributed by atoms with Gasteiger partial charge < -0.3 is 4.90 Å². The molecule has 1 heterocycles. The van der Waals surface area contributed by atoms with Gasteiger partial charge in [0.25, 0.3) is 5.91 Å². The number of benzene rings is 1. The smallest absolute Gasteiger partial charge is 0.256 e. The zero-order valence-electron chi connectivity index (χ0n) is 13.0. The SMILES string of the molecule is Cc1ccc2c(c1)C(C)CC(C)(C)N2C(C)C(=O)NN. The molecule has 3 N–H and O–H groups in total. The van der Waals surface area contributed by atoms with Gasteiger partial charge in [0.2, 0.25) is 0 Å². The summed E-state index contributed by atoms with van der Waals surface area (Å²) in [5.41, 5.74) is 5.92. The first-order chi connectivity index (χ1) is 9.27. The van der Waals surface area contributed by atoms with Crippen LogP contribution < -0.4 is 16.2 Å². The summed E-state index contributed by atoms with van der Waals surface area (Å²) in [5, 5.41) is 0. The van der Waals surface area contributed by atoms with Crippen molar-refractivity contribution in [3.05, 3.63) is 29.3 Å². The van der Waals surface area contributed by atoms with E-state index >= 15 is 0 Å². The maximum absolute atomic E-state index is 12.0. The number of nitrogens with zero attached hydrogens (tertiary/aromatic N) is 1. The molecule has 4 heteroatoms. The molecule has 1 aliphatic heterocycles. The fourth-order valence-corrected chi connectivity index (χ4v) is 3.54. The second kappa shape index (κ2) is 5.09. The van der Waals surface area contributed by atoms with Gasteiger partial charge in [0.15, 0.2) is 0 Å². The van der Waals surface area contributed by atoms with E-state index in [2.05, 4.69) is 56.2 Å². The molecule has 1 aromatic carbocycles. The maximum atomic E-state index is 12.0. The number of carbonyl (C=O) groups excluding carboxylic acids is 1. The van der Waals surface area contributed by atoms with Gasteiger partial charge in [-0.2, -0.15) is 0 Å². The summed E-state index contributed by atoms with van der Waals surface area (Å²) in [6.45, 7) is 10.6. The van der Waals surface area contributed by atoms with E-state index in [-0.39, 0.29) is 17.5 Å². The van der Waals surface area contributed by atoms with E-state index in [1.807, 2.05) is 6.92 Å². The number of carbonyl (C=O) groups is 1. The van der Waals surface area contributed by atoms with Crippen molar-refractivity contribution in [3.63, 3.8) is 0 Å². The summed E-state index contributed by atoms with van der Waals surface area (Å²) in [6.07, 6.45) is 1.02. The van der Waals surface area contributed by atoms with Crippen LogP contribution in [0.15, 0.2) is 18.2 Å². The number of aryl methyl sites for hydroxylation is 1. The first kappa shape index (κ1) is 14.9. The van der Waals surface area contributed by atoms with Gasteiger partial charge >= 0.3 is 0 Å². The minimum absolute atomic E-state index is 0.0758. The zero-order chi connectivity index (χ0) is 15.1. The van der Waals surface area contributed by atoms with Gasteiger partial charge in [0.1, 0.15) is 6.04 Å². The summed E-state index contributed by atoms with van der Waals surface area (Å²) in [5.74, 6) is 5.65. The number of hydrogen-bond acceptors (Lipinski definition) is 3. The third-order valence-electron chi connectivity index (χ3n) is 4.34. The van der Waals surface area contributed by atoms with Crippen molar-refractivity contribution in [1.29, 1.82) is 0 Å². The third kappa shape index (κ3) is 2.40. The Balaban J connectivity index is 2.54. The van der Waals surface area contributed by atoms with Crippen LogP contribution in [0.4, 0.5) is 5.69 Å². The molecular weight excluding hydrogens is 250 g/mol. The van der Waals surface area contributed by atoms with Crippen molar-refractivity contribution in [2.24, 2.45) is 5.84 Å². The molecule has 1 aromatic rings. The van der Waals surface area contributed by atoms with Crippen LogP contribution in [0.25, 0.3) is 0 Å². The number of fused-ring (bicyclic) bond motifs is 1. The van der Waals surface area contributed by atoms with Crippen molar-refractivity contribution in [1.82, 2.24) is 5.43 Å². The molecule has 0 bridgehead atoms. The number of rotatable bonds is 2. The topological polar surface area (TPSA) is 58.4 Å². The summed E-state index contributed by atoms with van der Waals surface area (Å²) in [4.78, 5) is 14.2. The predicted octanol–water partition coefficient (Wildman–Crippen LogP) is 2.47. The lowest BCUT2D eigenvalue weighted by Gasteiger charge is -2.50. The van der Waals surface area contributed by atoms with E-state index in [1.165, 1.54) is 11.1 Å². The summed E-state index contributed by atoms with van der Waals surface area (Å²) >= 11 is 0. The van der Waals surface area contributed by atoms with Crippen LogP contribution in [-0.2, 0) is 4.79 Å². The second-order valence-electron chi connectivity index (χ2n) is 6.53. The maximum Gasteiger partial charge on any atom is 0.256 e. The Morgan fingerprint density at radius 1 is 1.50 bits per heavy atom. The molecule has 2 unspecified atom stereocenters. The highest BCUT2D eigenvalue weighted by atomic mass is 16.2. The molecule has 1 aliphatic rings. The molecule has 110 valence electrons. The molecule has 0 aliphatic carbocycles. The molecule has 1 amide bonds. The number of anilines is 1. The van der Waals surface area contributed by atoms with Gasteiger partial charge in [-0.25, -0.2) is 5.84 Å². The van der Waals surface area contributed by atoms with E-state index in [0.29, 0.717) is 5.92 Å². The van der Waals surface area contributed by atoms with Crippen molar-refractivity contribution in [2.45, 2.75) is 58.5 Å². The van der Waals surface area contributed by atoms with Gasteiger partial charge in [-0.3, -0.25) is 10.2 Å². The monoisotopic (exact) mass is 275 g/mol. The van der Waals surface area contributed by atoms with E-state index < -0.39 is 0 Å². The first-order valence-electron chi connectivity index (χ1n) is 7.18. The Hall–Kier alpha value is -1.55. The fraction of sp³-hybridized carbons (Fsp3) is 0.562. The number of nitrogens with two attached hydrogens (primary N) is 1. The third-order valence-corrected chi connectivity index (χ3v) is 4.34. The number of amides is 1. The lowest BCUT2D eigenvalue weighted by atomic mass is 9.78. The van der Waals surface area contributed by atoms with Crippen molar-refractivity contribution >= 4 is 11.6 Å². The molecule has 4 nitrogen and oxygen atoms in total. The average Bonchev–Trinajstić information content (AvgIpc) is 2.37. The first-order valence-corrected chi connectivity index (χ1v) is 7.18. The van der Waals surface area contributed by atoms with E-state index in [1.54, 1.807) is 0 Å². The van der Waals surface area contributed by atoms with E-state index in [4.69, 9.17) is 5.84 Å². The standard InChI is InChI=1S/C16H25N3O/c1-10-6-7-14-13(8-10)11(2)9-16(4,5)19(14)12(3)15(20)18-17/h6-8,11-12H,9,17H2,1-5H3,(H,18,20). The molecule has 0 radical (unpaired) electrons. The summed E-state index contributed by atoms with van der Waals surface area (Å²) < 4.78 is 0. The number of hydrogen-bond donors (Lipinski definition) is 2. The van der Waals surface area contributed by atoms with Crippen molar-refractivity contribution < 1.29 is 4.79 Å². The Bertz CT molecular complexity index is 524. The highest BCUT2D eigenvalue weighted by Crippen LogP contribution is 2.44. The Kier molecular flexibility index (Phi) is 3.78. The lowest BCUT2D eigenvalue weighted by molar-refractivity contribution is -0.122. The Morgan fingerprint density at radius 3 is 2.75 bits per heavy atom. The normalized spacial score (nSPS) is 22.1. The van der Waals surface area contributed by atoms with Gasteiger partial charge in [-0.05, 0) is 51.7 Å². The van der Waals surface area contributed by atoms with E-state index in [9.17, 15) is 4.79 Å². The van der Waals surface area contributed by atoms with E-state index in [0.717, 1.165) is 12.1 Å². The zero-order valence-corrected chi connectivity index (χ0v) is 13.0. The fourth-order valence-electron chi connectivity index (χ4n) is 3.54. The second-order valence-corrected chi connectivity index (χ2v) is 6.53. The number of hydrazine groups is 1. The minimum Gasteiger partial charge on any atom is -0.354 e. The van der Waals surface area contributed by atoms with Crippen LogP contribution in [0.2, 0.25) is 0 Å².